The van der Waals surface area contributed by atoms with Crippen molar-refractivity contribution in [2.45, 2.75) is 31.3 Å². The fourth-order valence-electron chi connectivity index (χ4n) is 3.86. The number of urea groups is 1. The number of rotatable bonds is 3. The lowest BCUT2D eigenvalue weighted by atomic mass is 9.80. The smallest absolute Gasteiger partial charge is 0.325 e. The lowest BCUT2D eigenvalue weighted by Crippen LogP contribution is -2.46. The fraction of sp³-hybridized carbons (Fsp3) is 0.263. The normalized spacial score (nSPS) is 21.2. The molecule has 1 atom stereocenters. The van der Waals surface area contributed by atoms with Gasteiger partial charge in [-0.2, -0.15) is 4.98 Å². The van der Waals surface area contributed by atoms with Crippen molar-refractivity contribution in [2.24, 2.45) is 0 Å². The van der Waals surface area contributed by atoms with Crippen molar-refractivity contribution in [1.29, 1.82) is 0 Å². The third kappa shape index (κ3) is 2.54. The molecule has 142 valence electrons. The summed E-state index contributed by atoms with van der Waals surface area (Å²) in [4.78, 5) is 32.3. The van der Waals surface area contributed by atoms with E-state index in [1.54, 1.807) is 11.3 Å². The van der Waals surface area contributed by atoms with E-state index >= 15 is 0 Å². The van der Waals surface area contributed by atoms with Gasteiger partial charge in [0.1, 0.15) is 17.9 Å². The van der Waals surface area contributed by atoms with E-state index in [-0.39, 0.29) is 30.0 Å². The number of carbonyl (C=O) groups is 2. The van der Waals surface area contributed by atoms with E-state index in [0.29, 0.717) is 12.0 Å². The molecule has 3 heterocycles. The molecule has 1 fully saturated rings. The first-order valence-electron chi connectivity index (χ1n) is 8.86. The molecule has 1 spiro atoms. The number of aryl methyl sites for hydroxylation is 1. The molecule has 28 heavy (non-hydrogen) atoms. The van der Waals surface area contributed by atoms with Crippen LogP contribution in [0.5, 0.6) is 0 Å². The minimum Gasteiger partial charge on any atom is -0.337 e. The summed E-state index contributed by atoms with van der Waals surface area (Å²) in [5.74, 6) is -0.244. The Morgan fingerprint density at radius 2 is 2.07 bits per heavy atom. The van der Waals surface area contributed by atoms with Crippen LogP contribution in [0.15, 0.2) is 40.2 Å². The van der Waals surface area contributed by atoms with Gasteiger partial charge in [0.15, 0.2) is 0 Å². The monoisotopic (exact) mass is 398 g/mol. The summed E-state index contributed by atoms with van der Waals surface area (Å²) in [6.45, 7) is -0.111. The second kappa shape index (κ2) is 6.23. The van der Waals surface area contributed by atoms with Crippen LogP contribution in [0.2, 0.25) is 0 Å². The number of amides is 3. The second-order valence-electron chi connectivity index (χ2n) is 6.86. The minimum absolute atomic E-state index is 0.111. The molecule has 0 saturated carbocycles. The largest absolute Gasteiger partial charge is 0.337 e. The average molecular weight is 398 g/mol. The Bertz CT molecular complexity index is 1080. The number of nitrogens with zero attached hydrogens (tertiary/aromatic N) is 3. The number of benzene rings is 1. The fourth-order valence-corrected chi connectivity index (χ4v) is 4.86. The zero-order valence-corrected chi connectivity index (χ0v) is 15.5. The van der Waals surface area contributed by atoms with Gasteiger partial charge < -0.3 is 9.84 Å². The number of carbonyl (C=O) groups excluding carboxylic acids is 2. The topological polar surface area (TPSA) is 88.3 Å². The van der Waals surface area contributed by atoms with Gasteiger partial charge in [0.05, 0.1) is 0 Å². The lowest BCUT2D eigenvalue weighted by Gasteiger charge is -2.31. The predicted molar refractivity (Wildman–Crippen MR) is 97.7 cm³/mol. The average Bonchev–Trinajstić information content (AvgIpc) is 3.40. The number of thiophene rings is 1. The number of imide groups is 1. The van der Waals surface area contributed by atoms with Crippen LogP contribution in [0, 0.1) is 5.82 Å². The molecule has 1 aliphatic carbocycles. The van der Waals surface area contributed by atoms with Gasteiger partial charge in [-0.1, -0.05) is 5.16 Å². The SMILES string of the molecule is O=C1N[C@@]2(CCCc3sccc32)C(=O)N1Cc1nc(-c2ccc(F)cc2)no1. The van der Waals surface area contributed by atoms with Gasteiger partial charge in [-0.25, -0.2) is 9.18 Å². The summed E-state index contributed by atoms with van der Waals surface area (Å²) < 4.78 is 18.3. The van der Waals surface area contributed by atoms with Crippen molar-refractivity contribution in [3.8, 4) is 11.4 Å². The molecule has 1 aromatic carbocycles. The van der Waals surface area contributed by atoms with Gasteiger partial charge in [-0.3, -0.25) is 9.69 Å². The molecule has 5 rings (SSSR count). The van der Waals surface area contributed by atoms with Crippen molar-refractivity contribution in [3.05, 3.63) is 57.9 Å². The molecule has 9 heteroatoms. The van der Waals surface area contributed by atoms with E-state index in [9.17, 15) is 14.0 Å². The molecule has 0 radical (unpaired) electrons. The second-order valence-corrected chi connectivity index (χ2v) is 7.86. The summed E-state index contributed by atoms with van der Waals surface area (Å²) in [6.07, 6.45) is 2.33. The van der Waals surface area contributed by atoms with E-state index < -0.39 is 11.6 Å². The molecule has 2 aromatic heterocycles. The summed E-state index contributed by atoms with van der Waals surface area (Å²) in [5.41, 5.74) is 0.479. The minimum atomic E-state index is -0.996. The lowest BCUT2D eigenvalue weighted by molar-refractivity contribution is -0.132. The van der Waals surface area contributed by atoms with E-state index in [1.165, 1.54) is 24.3 Å². The first kappa shape index (κ1) is 17.1. The van der Waals surface area contributed by atoms with Gasteiger partial charge in [0, 0.05) is 16.0 Å². The van der Waals surface area contributed by atoms with E-state index in [0.717, 1.165) is 28.2 Å². The van der Waals surface area contributed by atoms with Crippen molar-refractivity contribution < 1.29 is 18.5 Å². The summed E-state index contributed by atoms with van der Waals surface area (Å²) in [5, 5.41) is 8.70. The van der Waals surface area contributed by atoms with Crippen LogP contribution >= 0.6 is 11.3 Å². The van der Waals surface area contributed by atoms with Gasteiger partial charge in [-0.05, 0) is 55.0 Å². The standard InChI is InChI=1S/C19H15FN4O3S/c20-12-5-3-11(4-6-12)16-21-15(27-23-16)10-24-17(25)19(22-18(24)26)8-1-2-14-13(19)7-9-28-14/h3-7,9H,1-2,8,10H2,(H,22,26)/t19-/m1/s1. The molecule has 3 amide bonds. The van der Waals surface area contributed by atoms with Crippen LogP contribution in [-0.2, 0) is 23.3 Å². The number of nitrogens with one attached hydrogen (secondary N) is 1. The maximum Gasteiger partial charge on any atom is 0.325 e. The molecule has 3 aromatic rings. The first-order valence-corrected chi connectivity index (χ1v) is 9.74. The molecule has 0 unspecified atom stereocenters. The Morgan fingerprint density at radius 1 is 1.25 bits per heavy atom. The van der Waals surface area contributed by atoms with Gasteiger partial charge in [0.25, 0.3) is 5.91 Å². The molecule has 7 nitrogen and oxygen atoms in total. The highest BCUT2D eigenvalue weighted by atomic mass is 32.1. The van der Waals surface area contributed by atoms with E-state index in [2.05, 4.69) is 15.5 Å². The summed E-state index contributed by atoms with van der Waals surface area (Å²) in [7, 11) is 0. The van der Waals surface area contributed by atoms with Crippen molar-refractivity contribution >= 4 is 23.3 Å². The number of halogens is 1. The van der Waals surface area contributed by atoms with Crippen molar-refractivity contribution in [3.63, 3.8) is 0 Å². The maximum atomic E-state index is 13.2. The highest BCUT2D eigenvalue weighted by Crippen LogP contribution is 2.42. The first-order chi connectivity index (χ1) is 13.6. The highest BCUT2D eigenvalue weighted by Gasteiger charge is 2.54. The molecular weight excluding hydrogens is 383 g/mol. The van der Waals surface area contributed by atoms with Crippen molar-refractivity contribution in [1.82, 2.24) is 20.4 Å². The van der Waals surface area contributed by atoms with Gasteiger partial charge >= 0.3 is 6.03 Å². The molecule has 0 bridgehead atoms. The van der Waals surface area contributed by atoms with Crippen LogP contribution in [-0.4, -0.2) is 27.0 Å². The molecule has 1 N–H and O–H groups in total. The Morgan fingerprint density at radius 3 is 2.89 bits per heavy atom. The number of fused-ring (bicyclic) bond motifs is 2. The summed E-state index contributed by atoms with van der Waals surface area (Å²) in [6, 6.07) is 7.12. The molecular formula is C19H15FN4O3S. The molecule has 1 aliphatic heterocycles. The van der Waals surface area contributed by atoms with E-state index in [4.69, 9.17) is 4.52 Å². The maximum absolute atomic E-state index is 13.2. The number of aromatic nitrogens is 2. The van der Waals surface area contributed by atoms with E-state index in [1.807, 2.05) is 11.4 Å². The Balaban J connectivity index is 1.41. The van der Waals surface area contributed by atoms with Gasteiger partial charge in [-0.15, -0.1) is 11.3 Å². The Hall–Kier alpha value is -3.07. The van der Waals surface area contributed by atoms with Crippen LogP contribution in [0.4, 0.5) is 9.18 Å². The molecule has 2 aliphatic rings. The van der Waals surface area contributed by atoms with Gasteiger partial charge in [0.2, 0.25) is 11.7 Å². The van der Waals surface area contributed by atoms with Crippen LogP contribution in [0.3, 0.4) is 0 Å². The highest BCUT2D eigenvalue weighted by molar-refractivity contribution is 7.10. The quantitative estimate of drug-likeness (QED) is 0.685. The summed E-state index contributed by atoms with van der Waals surface area (Å²) >= 11 is 1.61. The zero-order valence-electron chi connectivity index (χ0n) is 14.6. The Labute approximate surface area is 163 Å². The van der Waals surface area contributed by atoms with Crippen LogP contribution < -0.4 is 5.32 Å². The Kier molecular flexibility index (Phi) is 3.80. The number of hydrogen-bond acceptors (Lipinski definition) is 6. The van der Waals surface area contributed by atoms with Crippen molar-refractivity contribution in [2.75, 3.05) is 0 Å². The molecule has 1 saturated heterocycles. The predicted octanol–water partition coefficient (Wildman–Crippen LogP) is 3.22. The zero-order chi connectivity index (χ0) is 19.3. The van der Waals surface area contributed by atoms with Crippen LogP contribution in [0.1, 0.15) is 29.2 Å². The number of hydrogen-bond donors (Lipinski definition) is 1. The van der Waals surface area contributed by atoms with Crippen LogP contribution in [0.25, 0.3) is 11.4 Å². The third-order valence-corrected chi connectivity index (χ3v) is 6.18. The third-order valence-electron chi connectivity index (χ3n) is 5.20.